The molecule has 2 N–H and O–H groups in total. The molecule has 0 unspecified atom stereocenters. The molecule has 0 saturated carbocycles. The van der Waals surface area contributed by atoms with Gasteiger partial charge in [-0.15, -0.1) is 0 Å². The highest BCUT2D eigenvalue weighted by Gasteiger charge is 2.18. The lowest BCUT2D eigenvalue weighted by Gasteiger charge is -2.17. The molecule has 2 nitrogen and oxygen atoms in total. The van der Waals surface area contributed by atoms with E-state index in [1.165, 1.54) is 12.8 Å². The quantitative estimate of drug-likeness (QED) is 0.640. The van der Waals surface area contributed by atoms with Crippen LogP contribution in [0.2, 0.25) is 0 Å². The molecule has 72 valence electrons. The lowest BCUT2D eigenvalue weighted by molar-refractivity contribution is -0.539. The molecule has 0 aromatic heterocycles. The van der Waals surface area contributed by atoms with Crippen molar-refractivity contribution < 1.29 is 4.58 Å². The molecule has 1 fully saturated rings. The van der Waals surface area contributed by atoms with E-state index in [0.717, 1.165) is 24.7 Å². The van der Waals surface area contributed by atoms with Crippen molar-refractivity contribution in [2.24, 2.45) is 11.7 Å². The number of allylic oxidation sites excluding steroid dienone is 2. The summed E-state index contributed by atoms with van der Waals surface area (Å²) in [7, 11) is 0. The van der Waals surface area contributed by atoms with Crippen LogP contribution in [-0.2, 0) is 0 Å². The van der Waals surface area contributed by atoms with Crippen LogP contribution in [0, 0.1) is 5.92 Å². The Morgan fingerprint density at radius 3 is 2.54 bits per heavy atom. The van der Waals surface area contributed by atoms with Gasteiger partial charge in [0.05, 0.1) is 0 Å². The molecule has 1 aliphatic heterocycles. The van der Waals surface area contributed by atoms with E-state index in [9.17, 15) is 0 Å². The maximum atomic E-state index is 5.36. The van der Waals surface area contributed by atoms with Gasteiger partial charge in [-0.1, -0.05) is 13.5 Å². The van der Waals surface area contributed by atoms with E-state index >= 15 is 0 Å². The second kappa shape index (κ2) is 4.85. The van der Waals surface area contributed by atoms with E-state index in [4.69, 9.17) is 5.73 Å². The summed E-state index contributed by atoms with van der Waals surface area (Å²) >= 11 is 0. The Morgan fingerprint density at radius 1 is 1.46 bits per heavy atom. The molecule has 0 spiro atoms. The third-order valence-corrected chi connectivity index (χ3v) is 2.62. The predicted octanol–water partition coefficient (Wildman–Crippen LogP) is 1.53. The van der Waals surface area contributed by atoms with Gasteiger partial charge in [0.1, 0.15) is 13.1 Å². The first-order valence-corrected chi connectivity index (χ1v) is 4.90. The summed E-state index contributed by atoms with van der Waals surface area (Å²) in [6.07, 6.45) is 7.92. The van der Waals surface area contributed by atoms with E-state index in [1.54, 1.807) is 6.20 Å². The van der Waals surface area contributed by atoms with Crippen molar-refractivity contribution in [2.75, 3.05) is 13.1 Å². The second-order valence-corrected chi connectivity index (χ2v) is 3.66. The van der Waals surface area contributed by atoms with E-state index in [0.29, 0.717) is 0 Å². The van der Waals surface area contributed by atoms with Gasteiger partial charge in [0.2, 0.25) is 5.71 Å². The van der Waals surface area contributed by atoms with E-state index in [1.807, 2.05) is 12.2 Å². The van der Waals surface area contributed by atoms with Crippen LogP contribution >= 0.6 is 0 Å². The number of hydrogen-bond acceptors (Lipinski definition) is 1. The van der Waals surface area contributed by atoms with Crippen LogP contribution in [0.5, 0.6) is 0 Å². The zero-order valence-electron chi connectivity index (χ0n) is 8.37. The molecule has 2 heteroatoms. The first kappa shape index (κ1) is 10.0. The fraction of sp³-hybridized carbons (Fsp3) is 0.545. The van der Waals surface area contributed by atoms with Crippen molar-refractivity contribution in [2.45, 2.75) is 19.8 Å². The van der Waals surface area contributed by atoms with E-state index in [2.05, 4.69) is 18.1 Å². The Bertz CT molecular complexity index is 228. The Kier molecular flexibility index (Phi) is 3.74. The third-order valence-electron chi connectivity index (χ3n) is 2.62. The number of rotatable bonds is 2. The average molecular weight is 179 g/mol. The maximum Gasteiger partial charge on any atom is 0.200 e. The van der Waals surface area contributed by atoms with Crippen molar-refractivity contribution in [3.8, 4) is 0 Å². The molecule has 1 rings (SSSR count). The van der Waals surface area contributed by atoms with Gasteiger partial charge < -0.3 is 5.73 Å². The van der Waals surface area contributed by atoms with Gasteiger partial charge in [0, 0.05) is 31.2 Å². The minimum Gasteiger partial charge on any atom is -0.404 e. The fourth-order valence-electron chi connectivity index (χ4n) is 1.67. The molecular weight excluding hydrogens is 160 g/mol. The summed E-state index contributed by atoms with van der Waals surface area (Å²) in [4.78, 5) is 0. The highest BCUT2D eigenvalue weighted by molar-refractivity contribution is 5.99. The summed E-state index contributed by atoms with van der Waals surface area (Å²) in [5.74, 6) is 0.865. The second-order valence-electron chi connectivity index (χ2n) is 3.66. The molecule has 1 aliphatic rings. The van der Waals surface area contributed by atoms with Gasteiger partial charge in [-0.3, -0.25) is 0 Å². The van der Waals surface area contributed by atoms with Crippen molar-refractivity contribution in [3.05, 3.63) is 24.9 Å². The van der Waals surface area contributed by atoms with Gasteiger partial charge in [-0.25, -0.2) is 4.58 Å². The Hall–Kier alpha value is -1.05. The molecule has 0 aromatic rings. The molecule has 0 aliphatic carbocycles. The Morgan fingerprint density at radius 2 is 2.08 bits per heavy atom. The minimum absolute atomic E-state index is 0.865. The smallest absolute Gasteiger partial charge is 0.200 e. The molecule has 1 saturated heterocycles. The van der Waals surface area contributed by atoms with Crippen LogP contribution in [0.3, 0.4) is 0 Å². The molecule has 0 aromatic carbocycles. The normalized spacial score (nSPS) is 23.5. The first-order chi connectivity index (χ1) is 6.27. The molecule has 13 heavy (non-hydrogen) atoms. The molecule has 0 radical (unpaired) electrons. The summed E-state index contributed by atoms with van der Waals surface area (Å²) in [5.41, 5.74) is 6.51. The fourth-order valence-corrected chi connectivity index (χ4v) is 1.67. The summed E-state index contributed by atoms with van der Waals surface area (Å²) in [5, 5.41) is 0. The zero-order chi connectivity index (χ0) is 9.68. The Balaban J connectivity index is 2.72. The first-order valence-electron chi connectivity index (χ1n) is 4.90. The number of hydrogen-bond donors (Lipinski definition) is 1. The summed E-state index contributed by atoms with van der Waals surface area (Å²) < 4.78 is 2.34. The molecule has 1 heterocycles. The molecule has 0 bridgehead atoms. The van der Waals surface area contributed by atoms with Crippen molar-refractivity contribution in [1.82, 2.24) is 0 Å². The topological polar surface area (TPSA) is 29.0 Å². The highest BCUT2D eigenvalue weighted by Crippen LogP contribution is 2.13. The van der Waals surface area contributed by atoms with Crippen LogP contribution in [0.4, 0.5) is 0 Å². The number of nitrogens with zero attached hydrogens (tertiary/aromatic N) is 1. The number of piperidine rings is 1. The van der Waals surface area contributed by atoms with Crippen molar-refractivity contribution >= 4 is 5.71 Å². The van der Waals surface area contributed by atoms with E-state index < -0.39 is 0 Å². The standard InChI is InChI=1S/C11H18N2/c1-3-11(4-7-12)13-8-5-10(2)6-9-13/h3-4,7,10,12H,1,5-6,8-9H2,2H3/p+1. The maximum absolute atomic E-state index is 5.36. The van der Waals surface area contributed by atoms with Crippen LogP contribution in [0.1, 0.15) is 19.8 Å². The van der Waals surface area contributed by atoms with E-state index in [-0.39, 0.29) is 0 Å². The zero-order valence-corrected chi connectivity index (χ0v) is 8.37. The van der Waals surface area contributed by atoms with Crippen LogP contribution in [0.15, 0.2) is 24.9 Å². The number of nitrogens with two attached hydrogens (primary N) is 1. The molecule has 0 atom stereocenters. The van der Waals surface area contributed by atoms with Crippen LogP contribution in [-0.4, -0.2) is 23.4 Å². The van der Waals surface area contributed by atoms with Gasteiger partial charge in [-0.05, 0) is 5.92 Å². The lowest BCUT2D eigenvalue weighted by Crippen LogP contribution is -2.28. The van der Waals surface area contributed by atoms with Crippen molar-refractivity contribution in [1.29, 1.82) is 0 Å². The van der Waals surface area contributed by atoms with Crippen LogP contribution in [0.25, 0.3) is 0 Å². The SMILES string of the molecule is C=CC(/C=C\N)=[N+]1CCC(C)CC1. The summed E-state index contributed by atoms with van der Waals surface area (Å²) in [6.45, 7) is 8.36. The summed E-state index contributed by atoms with van der Waals surface area (Å²) in [6, 6.07) is 0. The molecule has 0 amide bonds. The van der Waals surface area contributed by atoms with Gasteiger partial charge >= 0.3 is 0 Å². The molecular formula is C11H19N2+. The van der Waals surface area contributed by atoms with Gasteiger partial charge in [-0.2, -0.15) is 0 Å². The Labute approximate surface area is 80.4 Å². The minimum atomic E-state index is 0.865. The highest BCUT2D eigenvalue weighted by atomic mass is 15.0. The van der Waals surface area contributed by atoms with Gasteiger partial charge in [0.15, 0.2) is 0 Å². The van der Waals surface area contributed by atoms with Gasteiger partial charge in [0.25, 0.3) is 0 Å². The monoisotopic (exact) mass is 179 g/mol. The third kappa shape index (κ3) is 2.72. The van der Waals surface area contributed by atoms with Crippen molar-refractivity contribution in [3.63, 3.8) is 0 Å². The lowest BCUT2D eigenvalue weighted by atomic mass is 10.00. The average Bonchev–Trinajstić information content (AvgIpc) is 2.16. The largest absolute Gasteiger partial charge is 0.404 e. The predicted molar refractivity (Wildman–Crippen MR) is 56.9 cm³/mol. The van der Waals surface area contributed by atoms with Crippen LogP contribution < -0.4 is 5.73 Å².